The summed E-state index contributed by atoms with van der Waals surface area (Å²) in [6, 6.07) is 0. The van der Waals surface area contributed by atoms with E-state index in [1.54, 1.807) is 0 Å². The molecule has 0 saturated heterocycles. The molecule has 0 spiro atoms. The van der Waals surface area contributed by atoms with Crippen LogP contribution < -0.4 is 0 Å². The van der Waals surface area contributed by atoms with Gasteiger partial charge in [0.25, 0.3) is 0 Å². The number of halogens is 2. The minimum absolute atomic E-state index is 0.138. The van der Waals surface area contributed by atoms with E-state index in [4.69, 9.17) is 23.2 Å². The van der Waals surface area contributed by atoms with E-state index in [9.17, 15) is 9.59 Å². The molecule has 1 heterocycles. The number of allylic oxidation sites excluding steroid dienone is 2. The number of fused-ring (bicyclic) bond motifs is 1. The Balaban J connectivity index is 2.73. The molecule has 1 aromatic heterocycles. The summed E-state index contributed by atoms with van der Waals surface area (Å²) in [5.41, 5.74) is 0.277. The van der Waals surface area contributed by atoms with E-state index in [-0.39, 0.29) is 21.2 Å². The van der Waals surface area contributed by atoms with Gasteiger partial charge >= 0.3 is 0 Å². The third kappa shape index (κ3) is 1.15. The van der Waals surface area contributed by atoms with Crippen molar-refractivity contribution >= 4 is 34.8 Å². The molecule has 1 aliphatic carbocycles. The van der Waals surface area contributed by atoms with Crippen molar-refractivity contribution in [3.05, 3.63) is 33.6 Å². The maximum atomic E-state index is 11.5. The number of hydrogen-bond acceptors (Lipinski definition) is 4. The summed E-state index contributed by atoms with van der Waals surface area (Å²) in [7, 11) is 0. The second kappa shape index (κ2) is 3.15. The molecule has 0 saturated carbocycles. The van der Waals surface area contributed by atoms with E-state index in [1.807, 2.05) is 0 Å². The normalized spacial score (nSPS) is 15.9. The highest BCUT2D eigenvalue weighted by atomic mass is 35.5. The number of rotatable bonds is 0. The Hall–Kier alpha value is -1.26. The average molecular weight is 229 g/mol. The van der Waals surface area contributed by atoms with E-state index in [1.165, 1.54) is 12.4 Å². The lowest BCUT2D eigenvalue weighted by molar-refractivity contribution is 0.0986. The first kappa shape index (κ1) is 9.30. The lowest BCUT2D eigenvalue weighted by atomic mass is 9.98. The average Bonchev–Trinajstić information content (AvgIpc) is 2.23. The molecule has 0 N–H and O–H groups in total. The minimum atomic E-state index is -0.499. The van der Waals surface area contributed by atoms with Gasteiger partial charge in [0.05, 0.1) is 23.5 Å². The first-order chi connectivity index (χ1) is 6.63. The van der Waals surface area contributed by atoms with Crippen LogP contribution in [0, 0.1) is 0 Å². The summed E-state index contributed by atoms with van der Waals surface area (Å²) >= 11 is 11.1. The SMILES string of the molecule is O=C1C(Cl)=C(Cl)C(=O)c2cnncc21. The Morgan fingerprint density at radius 2 is 1.21 bits per heavy atom. The highest BCUT2D eigenvalue weighted by Crippen LogP contribution is 2.29. The van der Waals surface area contributed by atoms with Crippen LogP contribution in [-0.2, 0) is 0 Å². The standard InChI is InChI=1S/C8H2Cl2N2O2/c9-5-6(10)8(14)4-2-12-11-1-3(4)7(5)13/h1-2H. The number of hydrogen-bond donors (Lipinski definition) is 0. The van der Waals surface area contributed by atoms with Gasteiger partial charge in [0, 0.05) is 0 Å². The molecule has 0 amide bonds. The molecule has 6 heteroatoms. The van der Waals surface area contributed by atoms with Crippen molar-refractivity contribution in [1.82, 2.24) is 10.2 Å². The molecule has 0 aromatic carbocycles. The van der Waals surface area contributed by atoms with Crippen molar-refractivity contribution in [3.8, 4) is 0 Å². The summed E-state index contributed by atoms with van der Waals surface area (Å²) in [5, 5.41) is 6.46. The third-order valence-electron chi connectivity index (χ3n) is 1.81. The van der Waals surface area contributed by atoms with Gasteiger partial charge in [-0.1, -0.05) is 23.2 Å². The highest BCUT2D eigenvalue weighted by molar-refractivity contribution is 6.59. The number of aromatic nitrogens is 2. The van der Waals surface area contributed by atoms with E-state index < -0.39 is 11.6 Å². The molecule has 14 heavy (non-hydrogen) atoms. The van der Waals surface area contributed by atoms with Gasteiger partial charge in [-0.2, -0.15) is 10.2 Å². The number of Topliss-reactive ketones (excluding diaryl/α,β-unsaturated/α-hetero) is 2. The summed E-state index contributed by atoms with van der Waals surface area (Å²) in [5.74, 6) is -0.998. The Kier molecular flexibility index (Phi) is 2.09. The first-order valence-electron chi connectivity index (χ1n) is 3.58. The second-order valence-electron chi connectivity index (χ2n) is 2.60. The maximum absolute atomic E-state index is 11.5. The fraction of sp³-hybridized carbons (Fsp3) is 0. The lowest BCUT2D eigenvalue weighted by Crippen LogP contribution is -2.18. The van der Waals surface area contributed by atoms with Gasteiger partial charge in [0.1, 0.15) is 10.1 Å². The molecule has 1 aliphatic rings. The summed E-state index contributed by atoms with van der Waals surface area (Å²) in [4.78, 5) is 23.0. The van der Waals surface area contributed by atoms with E-state index in [0.29, 0.717) is 0 Å². The van der Waals surface area contributed by atoms with Gasteiger partial charge in [-0.05, 0) is 0 Å². The Morgan fingerprint density at radius 3 is 1.57 bits per heavy atom. The lowest BCUT2D eigenvalue weighted by Gasteiger charge is -2.11. The molecule has 0 unspecified atom stereocenters. The molecule has 1 aromatic rings. The molecule has 0 atom stereocenters. The van der Waals surface area contributed by atoms with E-state index in [0.717, 1.165) is 0 Å². The van der Waals surface area contributed by atoms with Crippen LogP contribution in [0.3, 0.4) is 0 Å². The monoisotopic (exact) mass is 228 g/mol. The fourth-order valence-electron chi connectivity index (χ4n) is 1.12. The van der Waals surface area contributed by atoms with Crippen molar-refractivity contribution in [2.24, 2.45) is 0 Å². The van der Waals surface area contributed by atoms with Crippen molar-refractivity contribution in [2.75, 3.05) is 0 Å². The minimum Gasteiger partial charge on any atom is -0.287 e. The largest absolute Gasteiger partial charge is 0.287 e. The Bertz CT molecular complexity index is 439. The molecule has 70 valence electrons. The summed E-state index contributed by atoms with van der Waals surface area (Å²) in [6.45, 7) is 0. The van der Waals surface area contributed by atoms with Crippen molar-refractivity contribution in [3.63, 3.8) is 0 Å². The quantitative estimate of drug-likeness (QED) is 0.676. The van der Waals surface area contributed by atoms with Crippen LogP contribution in [0.2, 0.25) is 0 Å². The van der Waals surface area contributed by atoms with Crippen molar-refractivity contribution in [2.45, 2.75) is 0 Å². The molecular weight excluding hydrogens is 227 g/mol. The molecule has 0 bridgehead atoms. The molecule has 4 nitrogen and oxygen atoms in total. The summed E-state index contributed by atoms with van der Waals surface area (Å²) in [6.07, 6.45) is 2.39. The van der Waals surface area contributed by atoms with Gasteiger partial charge in [-0.25, -0.2) is 0 Å². The van der Waals surface area contributed by atoms with Crippen LogP contribution in [-0.4, -0.2) is 21.8 Å². The van der Waals surface area contributed by atoms with Gasteiger partial charge in [0.2, 0.25) is 11.6 Å². The Labute approximate surface area is 88.5 Å². The van der Waals surface area contributed by atoms with Crippen LogP contribution in [0.25, 0.3) is 0 Å². The molecule has 0 aliphatic heterocycles. The molecule has 2 rings (SSSR count). The van der Waals surface area contributed by atoms with Gasteiger partial charge in [-0.3, -0.25) is 9.59 Å². The smallest absolute Gasteiger partial charge is 0.208 e. The number of nitrogens with zero attached hydrogens (tertiary/aromatic N) is 2. The number of carbonyl (C=O) groups excluding carboxylic acids is 2. The zero-order valence-electron chi connectivity index (χ0n) is 6.62. The third-order valence-corrected chi connectivity index (χ3v) is 2.63. The highest BCUT2D eigenvalue weighted by Gasteiger charge is 2.30. The molecular formula is C8H2Cl2N2O2. The fourth-order valence-corrected chi connectivity index (χ4v) is 1.49. The topological polar surface area (TPSA) is 59.9 Å². The zero-order valence-corrected chi connectivity index (χ0v) is 8.13. The number of ketones is 2. The predicted octanol–water partition coefficient (Wildman–Crippen LogP) is 1.54. The van der Waals surface area contributed by atoms with Crippen molar-refractivity contribution in [1.29, 1.82) is 0 Å². The first-order valence-corrected chi connectivity index (χ1v) is 4.34. The van der Waals surface area contributed by atoms with Gasteiger partial charge < -0.3 is 0 Å². The van der Waals surface area contributed by atoms with Gasteiger partial charge in [-0.15, -0.1) is 0 Å². The second-order valence-corrected chi connectivity index (χ2v) is 3.36. The predicted molar refractivity (Wildman–Crippen MR) is 49.4 cm³/mol. The molecule has 0 fully saturated rings. The summed E-state index contributed by atoms with van der Waals surface area (Å²) < 4.78 is 0. The van der Waals surface area contributed by atoms with E-state index in [2.05, 4.69) is 10.2 Å². The van der Waals surface area contributed by atoms with Crippen LogP contribution in [0.5, 0.6) is 0 Å². The van der Waals surface area contributed by atoms with Gasteiger partial charge in [0.15, 0.2) is 0 Å². The zero-order chi connectivity index (χ0) is 10.3. The van der Waals surface area contributed by atoms with E-state index >= 15 is 0 Å². The Morgan fingerprint density at radius 1 is 0.857 bits per heavy atom. The van der Waals surface area contributed by atoms with Crippen LogP contribution in [0.4, 0.5) is 0 Å². The van der Waals surface area contributed by atoms with Crippen LogP contribution in [0.15, 0.2) is 22.5 Å². The molecule has 0 radical (unpaired) electrons. The van der Waals surface area contributed by atoms with Crippen LogP contribution >= 0.6 is 23.2 Å². The number of carbonyl (C=O) groups is 2. The van der Waals surface area contributed by atoms with Crippen LogP contribution in [0.1, 0.15) is 20.7 Å². The maximum Gasteiger partial charge on any atom is 0.208 e. The van der Waals surface area contributed by atoms with Crippen molar-refractivity contribution < 1.29 is 9.59 Å².